The maximum atomic E-state index is 12.6. The second-order valence-electron chi connectivity index (χ2n) is 3.68. The fourth-order valence-corrected chi connectivity index (χ4v) is 3.58. The molecule has 7 heteroatoms. The molecule has 2 rings (SSSR count). The summed E-state index contributed by atoms with van der Waals surface area (Å²) in [6, 6.07) is 8.87. The molecule has 0 radical (unpaired) electrons. The van der Waals surface area contributed by atoms with Gasteiger partial charge in [0.05, 0.1) is 16.3 Å². The number of hydroxylamine groups is 1. The number of hydrogen-bond donors (Lipinski definition) is 2. The molecule has 0 aliphatic heterocycles. The number of halogens is 3. The first-order chi connectivity index (χ1) is 8.99. The van der Waals surface area contributed by atoms with E-state index in [4.69, 9.17) is 5.21 Å². The lowest BCUT2D eigenvalue weighted by atomic mass is 10.2. The van der Waals surface area contributed by atoms with Crippen LogP contribution in [0.15, 0.2) is 45.5 Å². The van der Waals surface area contributed by atoms with E-state index in [0.717, 1.165) is 21.2 Å². The van der Waals surface area contributed by atoms with Crippen LogP contribution in [0, 0.1) is 0 Å². The minimum Gasteiger partial charge on any atom is -0.316 e. The Morgan fingerprint density at radius 3 is 2.68 bits per heavy atom. The van der Waals surface area contributed by atoms with Gasteiger partial charge in [0.1, 0.15) is 0 Å². The van der Waals surface area contributed by atoms with Gasteiger partial charge in [0.25, 0.3) is 0 Å². The van der Waals surface area contributed by atoms with Crippen molar-refractivity contribution in [3.63, 3.8) is 0 Å². The Bertz CT molecular complexity index is 554. The van der Waals surface area contributed by atoms with Crippen LogP contribution in [0.1, 0.15) is 10.4 Å². The maximum Gasteiger partial charge on any atom is 0.416 e. The molecule has 2 N–H and O–H groups in total. The highest BCUT2D eigenvalue weighted by Gasteiger charge is 2.30. The Hall–Kier alpha value is -1.02. The van der Waals surface area contributed by atoms with Gasteiger partial charge in [-0.25, -0.2) is 5.48 Å². The van der Waals surface area contributed by atoms with E-state index in [0.29, 0.717) is 11.4 Å². The lowest BCUT2D eigenvalue weighted by Crippen LogP contribution is -2.04. The number of nitrogens with one attached hydrogen (secondary N) is 1. The summed E-state index contributed by atoms with van der Waals surface area (Å²) in [5.74, 6) is 0. The predicted molar refractivity (Wildman–Crippen MR) is 68.5 cm³/mol. The van der Waals surface area contributed by atoms with E-state index in [2.05, 4.69) is 0 Å². The first-order valence-electron chi connectivity index (χ1n) is 5.30. The smallest absolute Gasteiger partial charge is 0.316 e. The minimum absolute atomic E-state index is 0.327. The van der Waals surface area contributed by atoms with Crippen molar-refractivity contribution in [3.8, 4) is 0 Å². The zero-order chi connectivity index (χ0) is 13.9. The van der Waals surface area contributed by atoms with Gasteiger partial charge in [-0.3, -0.25) is 0 Å². The van der Waals surface area contributed by atoms with Crippen molar-refractivity contribution in [2.75, 3.05) is 0 Å². The summed E-state index contributed by atoms with van der Waals surface area (Å²) in [6.45, 7) is 0.327. The largest absolute Gasteiger partial charge is 0.416 e. The number of benzene rings is 1. The van der Waals surface area contributed by atoms with Crippen LogP contribution in [0.3, 0.4) is 0 Å². The molecule has 2 aromatic rings. The van der Waals surface area contributed by atoms with Gasteiger partial charge in [0.15, 0.2) is 0 Å². The van der Waals surface area contributed by atoms with Gasteiger partial charge < -0.3 is 5.21 Å². The van der Waals surface area contributed by atoms with Crippen LogP contribution < -0.4 is 5.48 Å². The third-order valence-electron chi connectivity index (χ3n) is 2.27. The van der Waals surface area contributed by atoms with Gasteiger partial charge in [0.2, 0.25) is 0 Å². The van der Waals surface area contributed by atoms with Crippen LogP contribution in [0.5, 0.6) is 0 Å². The normalized spacial score (nSPS) is 11.8. The predicted octanol–water partition coefficient (Wildman–Crippen LogP) is 4.40. The van der Waals surface area contributed by atoms with E-state index in [1.165, 1.54) is 29.2 Å². The van der Waals surface area contributed by atoms with Crippen LogP contribution in [-0.4, -0.2) is 5.21 Å². The highest BCUT2D eigenvalue weighted by Crippen LogP contribution is 2.36. The molecule has 0 saturated carbocycles. The van der Waals surface area contributed by atoms with Gasteiger partial charge in [-0.05, 0) is 30.3 Å². The summed E-state index contributed by atoms with van der Waals surface area (Å²) in [7, 11) is 0. The van der Waals surface area contributed by atoms with E-state index in [1.54, 1.807) is 6.07 Å². The van der Waals surface area contributed by atoms with Crippen molar-refractivity contribution in [1.82, 2.24) is 5.48 Å². The molecule has 2 nitrogen and oxygen atoms in total. The average Bonchev–Trinajstić information content (AvgIpc) is 2.76. The quantitative estimate of drug-likeness (QED) is 0.821. The summed E-state index contributed by atoms with van der Waals surface area (Å²) in [5.41, 5.74) is 1.40. The molecule has 0 bridgehead atoms. The molecule has 1 heterocycles. The van der Waals surface area contributed by atoms with Gasteiger partial charge >= 0.3 is 6.18 Å². The third kappa shape index (κ3) is 3.97. The molecule has 0 spiro atoms. The zero-order valence-electron chi connectivity index (χ0n) is 9.57. The summed E-state index contributed by atoms with van der Waals surface area (Å²) >= 11 is 2.70. The Balaban J connectivity index is 2.14. The second kappa shape index (κ2) is 5.96. The molecule has 0 aliphatic rings. The second-order valence-corrected chi connectivity index (χ2v) is 6.23. The lowest BCUT2D eigenvalue weighted by Gasteiger charge is -2.07. The minimum atomic E-state index is -4.32. The Kier molecular flexibility index (Phi) is 4.51. The van der Waals surface area contributed by atoms with Crippen LogP contribution in [-0.2, 0) is 12.7 Å². The first kappa shape index (κ1) is 14.4. The summed E-state index contributed by atoms with van der Waals surface area (Å²) in [5, 5.41) is 8.57. The molecule has 0 saturated heterocycles. The third-order valence-corrected chi connectivity index (χ3v) is 4.48. The fourth-order valence-electron chi connectivity index (χ4n) is 1.44. The van der Waals surface area contributed by atoms with E-state index < -0.39 is 11.7 Å². The molecule has 0 amide bonds. The van der Waals surface area contributed by atoms with Crippen molar-refractivity contribution in [1.29, 1.82) is 0 Å². The zero-order valence-corrected chi connectivity index (χ0v) is 11.2. The molecule has 0 atom stereocenters. The Morgan fingerprint density at radius 2 is 2.00 bits per heavy atom. The van der Waals surface area contributed by atoms with Crippen LogP contribution in [0.25, 0.3) is 0 Å². The number of alkyl halides is 3. The van der Waals surface area contributed by atoms with Gasteiger partial charge in [-0.15, -0.1) is 11.3 Å². The van der Waals surface area contributed by atoms with Crippen molar-refractivity contribution in [3.05, 3.63) is 46.8 Å². The van der Waals surface area contributed by atoms with E-state index in [9.17, 15) is 13.2 Å². The molecule has 0 fully saturated rings. The molecule has 19 heavy (non-hydrogen) atoms. The lowest BCUT2D eigenvalue weighted by molar-refractivity contribution is -0.137. The summed E-state index contributed by atoms with van der Waals surface area (Å²) in [4.78, 5) is 1.46. The van der Waals surface area contributed by atoms with Gasteiger partial charge in [-0.1, -0.05) is 17.8 Å². The number of rotatable bonds is 4. The van der Waals surface area contributed by atoms with Gasteiger partial charge in [-0.2, -0.15) is 13.2 Å². The van der Waals surface area contributed by atoms with Crippen LogP contribution in [0.2, 0.25) is 0 Å². The molecule has 0 aliphatic carbocycles. The molecule has 1 aromatic carbocycles. The Labute approximate surface area is 116 Å². The molecule has 1 aromatic heterocycles. The van der Waals surface area contributed by atoms with E-state index in [-0.39, 0.29) is 0 Å². The Morgan fingerprint density at radius 1 is 1.21 bits per heavy atom. The number of hydrogen-bond acceptors (Lipinski definition) is 4. The maximum absolute atomic E-state index is 12.6. The molecular weight excluding hydrogens is 295 g/mol. The molecular formula is C12H10F3NOS2. The average molecular weight is 305 g/mol. The van der Waals surface area contributed by atoms with E-state index >= 15 is 0 Å². The van der Waals surface area contributed by atoms with Crippen molar-refractivity contribution in [2.24, 2.45) is 0 Å². The van der Waals surface area contributed by atoms with Gasteiger partial charge in [0, 0.05) is 9.77 Å². The summed E-state index contributed by atoms with van der Waals surface area (Å²) < 4.78 is 38.6. The summed E-state index contributed by atoms with van der Waals surface area (Å²) in [6.07, 6.45) is -4.32. The van der Waals surface area contributed by atoms with Crippen LogP contribution >= 0.6 is 23.1 Å². The van der Waals surface area contributed by atoms with Crippen molar-refractivity contribution >= 4 is 23.1 Å². The van der Waals surface area contributed by atoms with Crippen molar-refractivity contribution in [2.45, 2.75) is 21.8 Å². The SMILES string of the molecule is ONCc1ccc(Sc2cccc(C(F)(F)F)c2)s1. The fraction of sp³-hybridized carbons (Fsp3) is 0.167. The molecule has 102 valence electrons. The standard InChI is InChI=1S/C12H10F3NOS2/c13-12(14,15)8-2-1-3-9(6-8)18-11-5-4-10(19-11)7-16-17/h1-6,16-17H,7H2. The van der Waals surface area contributed by atoms with Crippen LogP contribution in [0.4, 0.5) is 13.2 Å². The first-order valence-corrected chi connectivity index (χ1v) is 6.93. The topological polar surface area (TPSA) is 32.3 Å². The van der Waals surface area contributed by atoms with E-state index in [1.807, 2.05) is 17.6 Å². The van der Waals surface area contributed by atoms with Crippen molar-refractivity contribution < 1.29 is 18.4 Å². The molecule has 0 unspecified atom stereocenters. The monoisotopic (exact) mass is 305 g/mol. The highest BCUT2D eigenvalue weighted by molar-refractivity contribution is 8.01. The number of thiophene rings is 1. The highest BCUT2D eigenvalue weighted by atomic mass is 32.2.